The van der Waals surface area contributed by atoms with Gasteiger partial charge in [-0.1, -0.05) is 30.3 Å². The van der Waals surface area contributed by atoms with Crippen molar-refractivity contribution in [2.24, 2.45) is 0 Å². The Morgan fingerprint density at radius 3 is 2.48 bits per heavy atom. The Kier molecular flexibility index (Phi) is 5.68. The highest BCUT2D eigenvalue weighted by atomic mass is 16.5. The maximum atomic E-state index is 11.9. The minimum Gasteiger partial charge on any atom is -0.457 e. The molecule has 1 amide bonds. The molecule has 0 fully saturated rings. The summed E-state index contributed by atoms with van der Waals surface area (Å²) in [7, 11) is 0. The van der Waals surface area contributed by atoms with Gasteiger partial charge in [0.05, 0.1) is 18.2 Å². The smallest absolute Gasteiger partial charge is 0.308 e. The third kappa shape index (κ3) is 5.10. The van der Waals surface area contributed by atoms with Crippen LogP contribution in [-0.2, 0) is 14.3 Å². The summed E-state index contributed by atoms with van der Waals surface area (Å²) >= 11 is 0. The number of ketones is 1. The zero-order valence-electron chi connectivity index (χ0n) is 12.7. The molecule has 0 unspecified atom stereocenters. The van der Waals surface area contributed by atoms with E-state index >= 15 is 0 Å². The van der Waals surface area contributed by atoms with E-state index < -0.39 is 12.0 Å². The third-order valence-electron chi connectivity index (χ3n) is 3.21. The second kappa shape index (κ2) is 7.93. The van der Waals surface area contributed by atoms with Crippen LogP contribution in [0, 0.1) is 0 Å². The summed E-state index contributed by atoms with van der Waals surface area (Å²) in [5.41, 5.74) is 1.19. The van der Waals surface area contributed by atoms with Crippen LogP contribution in [0.5, 0.6) is 0 Å². The van der Waals surface area contributed by atoms with Crippen LogP contribution in [0.3, 0.4) is 0 Å². The molecule has 1 aromatic heterocycles. The topological polar surface area (TPSA) is 88.3 Å². The number of hydrogen-bond donors (Lipinski definition) is 2. The van der Waals surface area contributed by atoms with Crippen LogP contribution < -0.4 is 5.32 Å². The molecule has 0 spiro atoms. The first-order valence-corrected chi connectivity index (χ1v) is 7.20. The number of benzene rings is 1. The third-order valence-corrected chi connectivity index (χ3v) is 3.21. The monoisotopic (exact) mass is 314 g/mol. The first kappa shape index (κ1) is 16.5. The molecule has 2 rings (SSSR count). The van der Waals surface area contributed by atoms with Gasteiger partial charge in [-0.25, -0.2) is 0 Å². The van der Waals surface area contributed by atoms with Crippen molar-refractivity contribution in [1.29, 1.82) is 0 Å². The number of carbonyl (C=O) groups is 3. The molecule has 1 aromatic carbocycles. The van der Waals surface area contributed by atoms with Gasteiger partial charge in [0.2, 0.25) is 11.7 Å². The van der Waals surface area contributed by atoms with Crippen LogP contribution in [0.4, 0.5) is 0 Å². The maximum absolute atomic E-state index is 11.9. The number of amides is 1. The van der Waals surface area contributed by atoms with Gasteiger partial charge in [-0.2, -0.15) is 0 Å². The molecule has 6 nitrogen and oxygen atoms in total. The molecule has 1 heterocycles. The Balaban J connectivity index is 1.92. The maximum Gasteiger partial charge on any atom is 0.308 e. The molecule has 0 aliphatic heterocycles. The van der Waals surface area contributed by atoms with Gasteiger partial charge in [0.1, 0.15) is 0 Å². The summed E-state index contributed by atoms with van der Waals surface area (Å²) in [5.74, 6) is -1.10. The first-order valence-electron chi connectivity index (χ1n) is 7.20. The van der Waals surface area contributed by atoms with Crippen LogP contribution in [-0.4, -0.2) is 29.3 Å². The lowest BCUT2D eigenvalue weighted by atomic mass is 10.0. The number of ether oxygens (including phenoxy) is 1. The number of rotatable bonds is 7. The van der Waals surface area contributed by atoms with E-state index in [4.69, 9.17) is 4.74 Å². The van der Waals surface area contributed by atoms with Crippen LogP contribution >= 0.6 is 0 Å². The predicted molar refractivity (Wildman–Crippen MR) is 83.7 cm³/mol. The second-order valence-electron chi connectivity index (χ2n) is 5.04. The number of esters is 1. The highest BCUT2D eigenvalue weighted by Crippen LogP contribution is 2.17. The molecule has 120 valence electrons. The van der Waals surface area contributed by atoms with Gasteiger partial charge in [-0.3, -0.25) is 14.4 Å². The number of Topliss-reactive ketones (excluding diaryl/α,β-unsaturated/α-hetero) is 1. The normalized spacial score (nSPS) is 11.5. The summed E-state index contributed by atoms with van der Waals surface area (Å²) in [6.45, 7) is 1.05. The van der Waals surface area contributed by atoms with Crippen molar-refractivity contribution >= 4 is 17.7 Å². The predicted octanol–water partition coefficient (Wildman–Crippen LogP) is 2.01. The number of hydrogen-bond acceptors (Lipinski definition) is 4. The molecule has 0 radical (unpaired) electrons. The lowest BCUT2D eigenvalue weighted by Crippen LogP contribution is -2.29. The van der Waals surface area contributed by atoms with Gasteiger partial charge in [-0.05, 0) is 17.7 Å². The van der Waals surface area contributed by atoms with Crippen LogP contribution in [0.15, 0.2) is 48.7 Å². The van der Waals surface area contributed by atoms with E-state index in [1.165, 1.54) is 6.92 Å². The number of aromatic amines is 1. The Morgan fingerprint density at radius 1 is 1.13 bits per heavy atom. The summed E-state index contributed by atoms with van der Waals surface area (Å²) in [4.78, 5) is 37.8. The molecule has 1 atom stereocenters. The number of nitrogens with one attached hydrogen (secondary N) is 2. The number of aromatic nitrogens is 1. The Morgan fingerprint density at radius 2 is 1.87 bits per heavy atom. The van der Waals surface area contributed by atoms with Crippen molar-refractivity contribution < 1.29 is 19.1 Å². The van der Waals surface area contributed by atoms with Gasteiger partial charge in [0.15, 0.2) is 6.61 Å². The van der Waals surface area contributed by atoms with Gasteiger partial charge in [-0.15, -0.1) is 0 Å². The molecule has 0 saturated heterocycles. The fraction of sp³-hybridized carbons (Fsp3) is 0.235. The average molecular weight is 314 g/mol. The highest BCUT2D eigenvalue weighted by molar-refractivity contribution is 5.96. The van der Waals surface area contributed by atoms with Crippen LogP contribution in [0.25, 0.3) is 0 Å². The van der Waals surface area contributed by atoms with Crippen molar-refractivity contribution in [3.05, 3.63) is 59.9 Å². The van der Waals surface area contributed by atoms with Crippen molar-refractivity contribution in [2.75, 3.05) is 6.61 Å². The molecular formula is C17H18N2O4. The van der Waals surface area contributed by atoms with Crippen molar-refractivity contribution in [3.63, 3.8) is 0 Å². The molecule has 0 bridgehead atoms. The second-order valence-corrected chi connectivity index (χ2v) is 5.04. The Hall–Kier alpha value is -2.89. The van der Waals surface area contributed by atoms with Crippen molar-refractivity contribution in [2.45, 2.75) is 19.4 Å². The molecule has 0 aliphatic carbocycles. The molecule has 0 saturated carbocycles. The van der Waals surface area contributed by atoms with Crippen molar-refractivity contribution in [1.82, 2.24) is 10.3 Å². The molecule has 0 aliphatic rings. The largest absolute Gasteiger partial charge is 0.457 e. The minimum atomic E-state index is -0.549. The molecule has 2 aromatic rings. The van der Waals surface area contributed by atoms with E-state index in [0.717, 1.165) is 5.56 Å². The molecular weight excluding hydrogens is 296 g/mol. The van der Waals surface area contributed by atoms with Crippen LogP contribution in [0.2, 0.25) is 0 Å². The SMILES string of the molecule is CC(=O)N[C@@H](CC(=O)OCC(=O)c1ccc[nH]1)c1ccccc1. The fourth-order valence-corrected chi connectivity index (χ4v) is 2.14. The lowest BCUT2D eigenvalue weighted by molar-refractivity contribution is -0.143. The van der Waals surface area contributed by atoms with E-state index in [2.05, 4.69) is 10.3 Å². The Labute approximate surface area is 133 Å². The highest BCUT2D eigenvalue weighted by Gasteiger charge is 2.19. The quantitative estimate of drug-likeness (QED) is 0.604. The Bertz CT molecular complexity index is 665. The van der Waals surface area contributed by atoms with Gasteiger partial charge in [0, 0.05) is 13.1 Å². The molecule has 23 heavy (non-hydrogen) atoms. The number of carbonyl (C=O) groups excluding carboxylic acids is 3. The van der Waals surface area contributed by atoms with E-state index in [0.29, 0.717) is 5.69 Å². The van der Waals surface area contributed by atoms with Gasteiger partial charge >= 0.3 is 5.97 Å². The van der Waals surface area contributed by atoms with E-state index in [9.17, 15) is 14.4 Å². The lowest BCUT2D eigenvalue weighted by Gasteiger charge is -2.17. The van der Waals surface area contributed by atoms with Gasteiger partial charge < -0.3 is 15.0 Å². The van der Waals surface area contributed by atoms with Crippen LogP contribution in [0.1, 0.15) is 35.4 Å². The van der Waals surface area contributed by atoms with E-state index in [-0.39, 0.29) is 24.7 Å². The number of H-pyrrole nitrogens is 1. The molecule has 6 heteroatoms. The zero-order chi connectivity index (χ0) is 16.7. The summed E-state index contributed by atoms with van der Waals surface area (Å²) in [5, 5.41) is 2.71. The zero-order valence-corrected chi connectivity index (χ0v) is 12.7. The minimum absolute atomic E-state index is 0.0401. The first-order chi connectivity index (χ1) is 11.1. The molecule has 2 N–H and O–H groups in total. The standard InChI is InChI=1S/C17H18N2O4/c1-12(20)19-15(13-6-3-2-4-7-13)10-17(22)23-11-16(21)14-8-5-9-18-14/h2-9,15,18H,10-11H2,1H3,(H,19,20)/t15-/m0/s1. The van der Waals surface area contributed by atoms with E-state index in [1.54, 1.807) is 18.3 Å². The summed E-state index contributed by atoms with van der Waals surface area (Å²) in [6.07, 6.45) is 1.58. The summed E-state index contributed by atoms with van der Waals surface area (Å²) < 4.78 is 5.00. The fourth-order valence-electron chi connectivity index (χ4n) is 2.14. The average Bonchev–Trinajstić information content (AvgIpc) is 3.07. The van der Waals surface area contributed by atoms with E-state index in [1.807, 2.05) is 30.3 Å². The summed E-state index contributed by atoms with van der Waals surface area (Å²) in [6, 6.07) is 11.9. The van der Waals surface area contributed by atoms with Gasteiger partial charge in [0.25, 0.3) is 0 Å². The van der Waals surface area contributed by atoms with Crippen molar-refractivity contribution in [3.8, 4) is 0 Å².